The molecular weight excluding hydrogens is 280 g/mol. The van der Waals surface area contributed by atoms with Crippen LogP contribution in [0, 0.1) is 0 Å². The Labute approximate surface area is 127 Å². The molecule has 0 saturated heterocycles. The Balaban J connectivity index is 2.29. The molecule has 0 aromatic carbocycles. The summed E-state index contributed by atoms with van der Waals surface area (Å²) in [5.41, 5.74) is 1.43. The van der Waals surface area contributed by atoms with Crippen LogP contribution in [0.1, 0.15) is 24.3 Å². The van der Waals surface area contributed by atoms with Crippen molar-refractivity contribution in [3.05, 3.63) is 46.5 Å². The van der Waals surface area contributed by atoms with Crippen molar-refractivity contribution in [2.45, 2.75) is 13.8 Å². The van der Waals surface area contributed by atoms with Gasteiger partial charge in [0.2, 0.25) is 0 Å². The van der Waals surface area contributed by atoms with Crippen molar-refractivity contribution in [3.63, 3.8) is 0 Å². The van der Waals surface area contributed by atoms with E-state index in [0.29, 0.717) is 35.5 Å². The van der Waals surface area contributed by atoms with Gasteiger partial charge in [0, 0.05) is 26.3 Å². The van der Waals surface area contributed by atoms with Crippen LogP contribution in [-0.4, -0.2) is 37.8 Å². The average molecular weight is 298 g/mol. The first-order valence-electron chi connectivity index (χ1n) is 7.34. The van der Waals surface area contributed by atoms with Crippen molar-refractivity contribution in [2.24, 2.45) is 7.05 Å². The van der Waals surface area contributed by atoms with Crippen molar-refractivity contribution < 1.29 is 4.79 Å². The number of fused-ring (bicyclic) bond motifs is 2. The normalized spacial score (nSPS) is 11.2. The van der Waals surface area contributed by atoms with Gasteiger partial charge >= 0.3 is 0 Å². The van der Waals surface area contributed by atoms with E-state index in [1.807, 2.05) is 19.9 Å². The van der Waals surface area contributed by atoms with Gasteiger partial charge in [-0.05, 0) is 32.0 Å². The fourth-order valence-electron chi connectivity index (χ4n) is 2.70. The minimum Gasteiger partial charge on any atom is -0.338 e. The smallest absolute Gasteiger partial charge is 0.270 e. The lowest BCUT2D eigenvalue weighted by molar-refractivity contribution is 0.0764. The van der Waals surface area contributed by atoms with Gasteiger partial charge in [-0.1, -0.05) is 6.07 Å². The van der Waals surface area contributed by atoms with E-state index in [0.717, 1.165) is 0 Å². The zero-order chi connectivity index (χ0) is 15.9. The number of aryl methyl sites for hydroxylation is 1. The van der Waals surface area contributed by atoms with E-state index < -0.39 is 0 Å². The van der Waals surface area contributed by atoms with Gasteiger partial charge in [-0.2, -0.15) is 0 Å². The van der Waals surface area contributed by atoms with Gasteiger partial charge in [-0.15, -0.1) is 0 Å². The maximum atomic E-state index is 12.6. The second-order valence-corrected chi connectivity index (χ2v) is 5.15. The highest BCUT2D eigenvalue weighted by Gasteiger charge is 2.20. The van der Waals surface area contributed by atoms with Gasteiger partial charge in [0.25, 0.3) is 11.5 Å². The summed E-state index contributed by atoms with van der Waals surface area (Å²) in [4.78, 5) is 31.4. The molecule has 0 saturated carbocycles. The van der Waals surface area contributed by atoms with E-state index >= 15 is 0 Å². The fraction of sp³-hybridized carbons (Fsp3) is 0.312. The van der Waals surface area contributed by atoms with Gasteiger partial charge in [0.1, 0.15) is 17.0 Å². The first-order chi connectivity index (χ1) is 10.6. The highest BCUT2D eigenvalue weighted by molar-refractivity contribution is 5.98. The third kappa shape index (κ3) is 1.99. The van der Waals surface area contributed by atoms with E-state index in [9.17, 15) is 9.59 Å². The van der Waals surface area contributed by atoms with Crippen LogP contribution in [0.5, 0.6) is 0 Å². The molecule has 1 amide bonds. The Morgan fingerprint density at radius 1 is 1.27 bits per heavy atom. The Bertz CT molecular complexity index is 919. The molecule has 0 aliphatic heterocycles. The maximum absolute atomic E-state index is 12.6. The topological polar surface area (TPSA) is 59.6 Å². The summed E-state index contributed by atoms with van der Waals surface area (Å²) in [6.45, 7) is 5.13. The largest absolute Gasteiger partial charge is 0.338 e. The van der Waals surface area contributed by atoms with E-state index in [2.05, 4.69) is 4.98 Å². The Kier molecular flexibility index (Phi) is 3.44. The van der Waals surface area contributed by atoms with Crippen LogP contribution in [0.3, 0.4) is 0 Å². The van der Waals surface area contributed by atoms with Crippen LogP contribution in [0.25, 0.3) is 16.7 Å². The number of amides is 1. The zero-order valence-corrected chi connectivity index (χ0v) is 12.9. The Morgan fingerprint density at radius 3 is 2.68 bits per heavy atom. The lowest BCUT2D eigenvalue weighted by Crippen LogP contribution is -2.31. The summed E-state index contributed by atoms with van der Waals surface area (Å²) in [6, 6.07) is 7.04. The van der Waals surface area contributed by atoms with E-state index in [-0.39, 0.29) is 11.5 Å². The average Bonchev–Trinajstić information content (AvgIpc) is 2.86. The number of hydrogen-bond donors (Lipinski definition) is 0. The molecule has 0 aliphatic rings. The van der Waals surface area contributed by atoms with Gasteiger partial charge < -0.3 is 9.47 Å². The Morgan fingerprint density at radius 2 is 2.00 bits per heavy atom. The molecule has 0 aliphatic carbocycles. The molecule has 0 N–H and O–H groups in total. The van der Waals surface area contributed by atoms with Crippen molar-refractivity contribution in [1.29, 1.82) is 0 Å². The zero-order valence-electron chi connectivity index (χ0n) is 12.9. The maximum Gasteiger partial charge on any atom is 0.270 e. The predicted molar refractivity (Wildman–Crippen MR) is 85.2 cm³/mol. The quantitative estimate of drug-likeness (QED) is 0.739. The summed E-state index contributed by atoms with van der Waals surface area (Å²) in [5.74, 6) is -0.0843. The molecule has 0 bridgehead atoms. The minimum absolute atomic E-state index is 0.0843. The molecule has 6 heteroatoms. The van der Waals surface area contributed by atoms with E-state index in [1.165, 1.54) is 4.40 Å². The molecular formula is C16H18N4O2. The number of hydrogen-bond acceptors (Lipinski definition) is 3. The SMILES string of the molecule is CCN(CC)C(=O)c1cc2c(=O)n3ccccc3nc2n1C. The monoisotopic (exact) mass is 298 g/mol. The molecule has 3 heterocycles. The minimum atomic E-state index is -0.158. The van der Waals surface area contributed by atoms with E-state index in [4.69, 9.17) is 0 Å². The van der Waals surface area contributed by atoms with Crippen LogP contribution in [0.2, 0.25) is 0 Å². The highest BCUT2D eigenvalue weighted by atomic mass is 16.2. The molecule has 0 fully saturated rings. The molecule has 22 heavy (non-hydrogen) atoms. The van der Waals surface area contributed by atoms with Crippen molar-refractivity contribution in [3.8, 4) is 0 Å². The summed E-state index contributed by atoms with van der Waals surface area (Å²) < 4.78 is 3.19. The van der Waals surface area contributed by atoms with Crippen LogP contribution in [0.4, 0.5) is 0 Å². The van der Waals surface area contributed by atoms with Crippen LogP contribution < -0.4 is 5.56 Å². The standard InChI is InChI=1S/C16H18N4O2/c1-4-19(5-2)16(22)12-10-11-14(18(12)3)17-13-8-6-7-9-20(13)15(11)21/h6-10H,4-5H2,1-3H3. The van der Waals surface area contributed by atoms with Gasteiger partial charge in [0.05, 0.1) is 5.39 Å². The molecule has 0 radical (unpaired) electrons. The molecule has 0 unspecified atom stereocenters. The van der Waals surface area contributed by atoms with Crippen LogP contribution in [-0.2, 0) is 7.05 Å². The van der Waals surface area contributed by atoms with Gasteiger partial charge in [-0.25, -0.2) is 4.98 Å². The van der Waals surface area contributed by atoms with Crippen molar-refractivity contribution in [2.75, 3.05) is 13.1 Å². The summed E-state index contributed by atoms with van der Waals surface area (Å²) in [7, 11) is 1.77. The number of carbonyl (C=O) groups excluding carboxylic acids is 1. The molecule has 3 rings (SSSR count). The molecule has 3 aromatic heterocycles. The fourth-order valence-corrected chi connectivity index (χ4v) is 2.70. The molecule has 114 valence electrons. The van der Waals surface area contributed by atoms with Crippen LogP contribution in [0.15, 0.2) is 35.3 Å². The molecule has 6 nitrogen and oxygen atoms in total. The third-order valence-corrected chi connectivity index (χ3v) is 3.98. The predicted octanol–water partition coefficient (Wildman–Crippen LogP) is 1.67. The Hall–Kier alpha value is -2.63. The molecule has 0 atom stereocenters. The number of pyridine rings is 1. The van der Waals surface area contributed by atoms with Crippen molar-refractivity contribution in [1.82, 2.24) is 18.9 Å². The number of carbonyl (C=O) groups is 1. The first-order valence-corrected chi connectivity index (χ1v) is 7.34. The summed E-state index contributed by atoms with van der Waals surface area (Å²) >= 11 is 0. The summed E-state index contributed by atoms with van der Waals surface area (Å²) in [6.07, 6.45) is 1.68. The van der Waals surface area contributed by atoms with E-state index in [1.54, 1.807) is 40.9 Å². The lowest BCUT2D eigenvalue weighted by Gasteiger charge is -2.18. The first kappa shape index (κ1) is 14.3. The van der Waals surface area contributed by atoms with Crippen molar-refractivity contribution >= 4 is 22.6 Å². The second-order valence-electron chi connectivity index (χ2n) is 5.15. The molecule has 3 aromatic rings. The third-order valence-electron chi connectivity index (χ3n) is 3.98. The summed E-state index contributed by atoms with van der Waals surface area (Å²) in [5, 5.41) is 0.460. The number of aromatic nitrogens is 3. The van der Waals surface area contributed by atoms with Crippen LogP contribution >= 0.6 is 0 Å². The van der Waals surface area contributed by atoms with Gasteiger partial charge in [-0.3, -0.25) is 14.0 Å². The lowest BCUT2D eigenvalue weighted by atomic mass is 10.3. The number of nitrogens with zero attached hydrogens (tertiary/aromatic N) is 4. The highest BCUT2D eigenvalue weighted by Crippen LogP contribution is 2.16. The second kappa shape index (κ2) is 5.29. The van der Waals surface area contributed by atoms with Gasteiger partial charge in [0.15, 0.2) is 0 Å². The molecule has 0 spiro atoms. The number of rotatable bonds is 3.